The van der Waals surface area contributed by atoms with Crippen LogP contribution in [-0.4, -0.2) is 37.4 Å². The molecule has 3 heterocycles. The highest BCUT2D eigenvalue weighted by molar-refractivity contribution is 5.59. The SMILES string of the molecule is COC1CC2COc3c(C)ccnc3N2C1. The first-order valence-corrected chi connectivity index (χ1v) is 5.67. The predicted octanol–water partition coefficient (Wildman–Crippen LogP) is 1.38. The highest BCUT2D eigenvalue weighted by atomic mass is 16.5. The number of rotatable bonds is 1. The third kappa shape index (κ3) is 1.37. The summed E-state index contributed by atoms with van der Waals surface area (Å²) in [5, 5.41) is 0. The van der Waals surface area contributed by atoms with E-state index in [-0.39, 0.29) is 0 Å². The molecule has 1 fully saturated rings. The highest BCUT2D eigenvalue weighted by Crippen LogP contribution is 2.38. The number of methoxy groups -OCH3 is 1. The van der Waals surface area contributed by atoms with Gasteiger partial charge in [-0.3, -0.25) is 0 Å². The van der Waals surface area contributed by atoms with Crippen molar-refractivity contribution in [2.75, 3.05) is 25.2 Å². The minimum atomic E-state index is 0.307. The zero-order valence-corrected chi connectivity index (χ0v) is 9.64. The zero-order valence-electron chi connectivity index (χ0n) is 9.64. The number of aryl methyl sites for hydroxylation is 1. The number of aromatic nitrogens is 1. The molecule has 1 aromatic rings. The first-order valence-electron chi connectivity index (χ1n) is 5.67. The molecule has 0 radical (unpaired) electrons. The number of anilines is 1. The van der Waals surface area contributed by atoms with Gasteiger partial charge in [0, 0.05) is 19.9 Å². The number of nitrogens with zero attached hydrogens (tertiary/aromatic N) is 2. The lowest BCUT2D eigenvalue weighted by molar-refractivity contribution is 0.116. The van der Waals surface area contributed by atoms with Crippen molar-refractivity contribution in [2.45, 2.75) is 25.5 Å². The second-order valence-corrected chi connectivity index (χ2v) is 4.49. The van der Waals surface area contributed by atoms with Crippen LogP contribution < -0.4 is 9.64 Å². The molecule has 0 aromatic carbocycles. The maximum Gasteiger partial charge on any atom is 0.172 e. The molecule has 4 heteroatoms. The van der Waals surface area contributed by atoms with Gasteiger partial charge >= 0.3 is 0 Å². The van der Waals surface area contributed by atoms with E-state index in [2.05, 4.69) is 16.8 Å². The van der Waals surface area contributed by atoms with Gasteiger partial charge in [-0.05, 0) is 25.0 Å². The Hall–Kier alpha value is -1.29. The van der Waals surface area contributed by atoms with E-state index >= 15 is 0 Å². The molecule has 86 valence electrons. The number of pyridine rings is 1. The second-order valence-electron chi connectivity index (χ2n) is 4.49. The molecular weight excluding hydrogens is 204 g/mol. The van der Waals surface area contributed by atoms with E-state index in [1.165, 1.54) is 0 Å². The Kier molecular flexibility index (Phi) is 2.24. The topological polar surface area (TPSA) is 34.6 Å². The van der Waals surface area contributed by atoms with E-state index in [0.29, 0.717) is 12.1 Å². The molecule has 0 spiro atoms. The number of hydrogen-bond donors (Lipinski definition) is 0. The lowest BCUT2D eigenvalue weighted by Gasteiger charge is -2.32. The Morgan fingerprint density at radius 1 is 1.56 bits per heavy atom. The molecular formula is C12H16N2O2. The van der Waals surface area contributed by atoms with Crippen LogP contribution in [0.2, 0.25) is 0 Å². The van der Waals surface area contributed by atoms with Crippen LogP contribution >= 0.6 is 0 Å². The van der Waals surface area contributed by atoms with Crippen LogP contribution in [0.25, 0.3) is 0 Å². The maximum atomic E-state index is 5.80. The van der Waals surface area contributed by atoms with Crippen LogP contribution in [0.5, 0.6) is 5.75 Å². The first-order chi connectivity index (χ1) is 7.79. The lowest BCUT2D eigenvalue weighted by Crippen LogP contribution is -2.39. The van der Waals surface area contributed by atoms with Crippen molar-refractivity contribution in [2.24, 2.45) is 0 Å². The van der Waals surface area contributed by atoms with Gasteiger partial charge in [0.15, 0.2) is 11.6 Å². The van der Waals surface area contributed by atoms with E-state index in [4.69, 9.17) is 9.47 Å². The molecule has 2 unspecified atom stereocenters. The summed E-state index contributed by atoms with van der Waals surface area (Å²) in [4.78, 5) is 6.76. The van der Waals surface area contributed by atoms with E-state index < -0.39 is 0 Å². The fraction of sp³-hybridized carbons (Fsp3) is 0.583. The minimum absolute atomic E-state index is 0.307. The van der Waals surface area contributed by atoms with Crippen molar-refractivity contribution < 1.29 is 9.47 Å². The highest BCUT2D eigenvalue weighted by Gasteiger charge is 2.38. The van der Waals surface area contributed by atoms with E-state index in [1.54, 1.807) is 7.11 Å². The summed E-state index contributed by atoms with van der Waals surface area (Å²) in [5.41, 5.74) is 1.16. The van der Waals surface area contributed by atoms with Crippen molar-refractivity contribution in [1.82, 2.24) is 4.98 Å². The average Bonchev–Trinajstić information content (AvgIpc) is 2.72. The summed E-state index contributed by atoms with van der Waals surface area (Å²) >= 11 is 0. The van der Waals surface area contributed by atoms with Gasteiger partial charge in [0.2, 0.25) is 0 Å². The third-order valence-electron chi connectivity index (χ3n) is 3.48. The van der Waals surface area contributed by atoms with Crippen LogP contribution in [0.4, 0.5) is 5.82 Å². The Bertz CT molecular complexity index is 408. The van der Waals surface area contributed by atoms with Gasteiger partial charge in [0.1, 0.15) is 6.61 Å². The van der Waals surface area contributed by atoms with Crippen molar-refractivity contribution in [3.8, 4) is 5.75 Å². The average molecular weight is 220 g/mol. The Morgan fingerprint density at radius 3 is 3.25 bits per heavy atom. The molecule has 0 aliphatic carbocycles. The minimum Gasteiger partial charge on any atom is -0.487 e. The van der Waals surface area contributed by atoms with Gasteiger partial charge < -0.3 is 14.4 Å². The zero-order chi connectivity index (χ0) is 11.1. The van der Waals surface area contributed by atoms with Gasteiger partial charge in [-0.1, -0.05) is 0 Å². The molecule has 16 heavy (non-hydrogen) atoms. The van der Waals surface area contributed by atoms with Crippen molar-refractivity contribution >= 4 is 5.82 Å². The van der Waals surface area contributed by atoms with Crippen LogP contribution in [-0.2, 0) is 4.74 Å². The van der Waals surface area contributed by atoms with Gasteiger partial charge in [0.25, 0.3) is 0 Å². The summed E-state index contributed by atoms with van der Waals surface area (Å²) in [6, 6.07) is 2.41. The lowest BCUT2D eigenvalue weighted by atomic mass is 10.1. The Morgan fingerprint density at radius 2 is 2.44 bits per heavy atom. The first kappa shape index (κ1) is 9.90. The Labute approximate surface area is 95.2 Å². The number of hydrogen-bond acceptors (Lipinski definition) is 4. The summed E-state index contributed by atoms with van der Waals surface area (Å²) in [7, 11) is 1.77. The van der Waals surface area contributed by atoms with Gasteiger partial charge in [0.05, 0.1) is 12.1 Å². The van der Waals surface area contributed by atoms with E-state index in [9.17, 15) is 0 Å². The fourth-order valence-corrected chi connectivity index (χ4v) is 2.55. The fourth-order valence-electron chi connectivity index (χ4n) is 2.55. The predicted molar refractivity (Wildman–Crippen MR) is 61.0 cm³/mol. The normalized spacial score (nSPS) is 27.2. The van der Waals surface area contributed by atoms with Crippen LogP contribution in [0.1, 0.15) is 12.0 Å². The van der Waals surface area contributed by atoms with Crippen molar-refractivity contribution in [1.29, 1.82) is 0 Å². The van der Waals surface area contributed by atoms with Gasteiger partial charge in [-0.2, -0.15) is 0 Å². The molecule has 4 nitrogen and oxygen atoms in total. The largest absolute Gasteiger partial charge is 0.487 e. The van der Waals surface area contributed by atoms with Crippen LogP contribution in [0, 0.1) is 6.92 Å². The number of ether oxygens (including phenoxy) is 2. The molecule has 2 aliphatic heterocycles. The summed E-state index contributed by atoms with van der Waals surface area (Å²) < 4.78 is 11.2. The summed E-state index contributed by atoms with van der Waals surface area (Å²) in [6.07, 6.45) is 3.19. The van der Waals surface area contributed by atoms with E-state index in [1.807, 2.05) is 12.3 Å². The van der Waals surface area contributed by atoms with Crippen LogP contribution in [0.15, 0.2) is 12.3 Å². The summed E-state index contributed by atoms with van der Waals surface area (Å²) in [5.74, 6) is 1.92. The van der Waals surface area contributed by atoms with Crippen LogP contribution in [0.3, 0.4) is 0 Å². The monoisotopic (exact) mass is 220 g/mol. The molecule has 0 bridgehead atoms. The summed E-state index contributed by atoms with van der Waals surface area (Å²) in [6.45, 7) is 3.73. The van der Waals surface area contributed by atoms with Gasteiger partial charge in [-0.25, -0.2) is 4.98 Å². The molecule has 2 atom stereocenters. The van der Waals surface area contributed by atoms with Crippen molar-refractivity contribution in [3.63, 3.8) is 0 Å². The third-order valence-corrected chi connectivity index (χ3v) is 3.48. The van der Waals surface area contributed by atoms with Crippen molar-refractivity contribution in [3.05, 3.63) is 17.8 Å². The maximum absolute atomic E-state index is 5.80. The smallest absolute Gasteiger partial charge is 0.172 e. The standard InChI is InChI=1S/C12H16N2O2/c1-8-3-4-13-12-11(8)16-7-9-5-10(15-2)6-14(9)12/h3-4,9-10H,5-7H2,1-2H3. The molecule has 3 rings (SSSR count). The second kappa shape index (κ2) is 3.63. The molecule has 0 N–H and O–H groups in total. The molecule has 1 aromatic heterocycles. The quantitative estimate of drug-likeness (QED) is 0.716. The van der Waals surface area contributed by atoms with Gasteiger partial charge in [-0.15, -0.1) is 0 Å². The molecule has 1 saturated heterocycles. The molecule has 0 saturated carbocycles. The molecule has 2 aliphatic rings. The Balaban J connectivity index is 1.97. The molecule has 0 amide bonds. The van der Waals surface area contributed by atoms with E-state index in [0.717, 1.165) is 36.7 Å². The number of fused-ring (bicyclic) bond motifs is 3.